The zero-order valence-electron chi connectivity index (χ0n) is 14.5. The summed E-state index contributed by atoms with van der Waals surface area (Å²) in [7, 11) is 1.70. The Morgan fingerprint density at radius 1 is 0.857 bits per heavy atom. The number of hydrogen-bond donors (Lipinski definition) is 1. The van der Waals surface area contributed by atoms with E-state index >= 15 is 0 Å². The summed E-state index contributed by atoms with van der Waals surface area (Å²) in [6.07, 6.45) is 21.6. The molecule has 126 valence electrons. The topological polar surface area (TPSA) is 29.5 Å². The summed E-state index contributed by atoms with van der Waals surface area (Å²) in [6.45, 7) is 2.47. The van der Waals surface area contributed by atoms with E-state index < -0.39 is 0 Å². The first kappa shape index (κ1) is 20.7. The molecule has 0 aliphatic rings. The summed E-state index contributed by atoms with van der Waals surface area (Å²) in [6, 6.07) is 0. The summed E-state index contributed by atoms with van der Waals surface area (Å²) in [5, 5.41) is 8.86. The van der Waals surface area contributed by atoms with Gasteiger partial charge in [-0.05, 0) is 12.8 Å². The molecule has 0 saturated carbocycles. The average molecular weight is 299 g/mol. The molecule has 0 bridgehead atoms. The number of unbranched alkanes of at least 4 members (excludes halogenated alkanes) is 11. The molecule has 0 radical (unpaired) electrons. The van der Waals surface area contributed by atoms with E-state index in [4.69, 9.17) is 9.84 Å². The van der Waals surface area contributed by atoms with Crippen molar-refractivity contribution in [2.24, 2.45) is 0 Å². The molecule has 1 unspecified atom stereocenters. The lowest BCUT2D eigenvalue weighted by molar-refractivity contribution is 0.112. The van der Waals surface area contributed by atoms with Gasteiger partial charge in [-0.3, -0.25) is 0 Å². The van der Waals surface area contributed by atoms with Crippen LogP contribution in [0.1, 0.15) is 90.4 Å². The van der Waals surface area contributed by atoms with Gasteiger partial charge in [0.25, 0.3) is 0 Å². The van der Waals surface area contributed by atoms with E-state index in [0.29, 0.717) is 6.42 Å². The summed E-state index contributed by atoms with van der Waals surface area (Å²) in [4.78, 5) is 0. The molecular formula is C19H38O2. The largest absolute Gasteiger partial charge is 0.396 e. The van der Waals surface area contributed by atoms with Crippen LogP contribution in [0.15, 0.2) is 12.2 Å². The molecule has 0 aromatic heterocycles. The van der Waals surface area contributed by atoms with Crippen LogP contribution in [0.5, 0.6) is 0 Å². The van der Waals surface area contributed by atoms with Crippen LogP contribution in [0.3, 0.4) is 0 Å². The summed E-state index contributed by atoms with van der Waals surface area (Å²) in [5.41, 5.74) is 0. The summed E-state index contributed by atoms with van der Waals surface area (Å²) in [5.74, 6) is 0. The maximum Gasteiger partial charge on any atom is 0.0773 e. The normalized spacial score (nSPS) is 13.1. The van der Waals surface area contributed by atoms with Gasteiger partial charge in [0.05, 0.1) is 6.10 Å². The second kappa shape index (κ2) is 17.7. The number of rotatable bonds is 16. The lowest BCUT2D eigenvalue weighted by Gasteiger charge is -2.07. The molecule has 1 N–H and O–H groups in total. The van der Waals surface area contributed by atoms with Gasteiger partial charge in [-0.1, -0.05) is 83.3 Å². The van der Waals surface area contributed by atoms with E-state index in [9.17, 15) is 0 Å². The first-order valence-corrected chi connectivity index (χ1v) is 9.15. The molecule has 2 heteroatoms. The van der Waals surface area contributed by atoms with Gasteiger partial charge in [-0.25, -0.2) is 0 Å². The Bertz CT molecular complexity index is 214. The molecule has 2 nitrogen and oxygen atoms in total. The van der Waals surface area contributed by atoms with Crippen LogP contribution in [0.4, 0.5) is 0 Å². The molecule has 0 rings (SSSR count). The van der Waals surface area contributed by atoms with Crippen molar-refractivity contribution < 1.29 is 9.84 Å². The zero-order valence-corrected chi connectivity index (χ0v) is 14.5. The van der Waals surface area contributed by atoms with Crippen molar-refractivity contribution in [3.63, 3.8) is 0 Å². The van der Waals surface area contributed by atoms with Crippen molar-refractivity contribution in [1.82, 2.24) is 0 Å². The van der Waals surface area contributed by atoms with Crippen molar-refractivity contribution in [2.75, 3.05) is 13.7 Å². The third-order valence-corrected chi connectivity index (χ3v) is 4.04. The van der Waals surface area contributed by atoms with Crippen LogP contribution in [-0.2, 0) is 4.74 Å². The number of methoxy groups -OCH3 is 1. The van der Waals surface area contributed by atoms with Crippen molar-refractivity contribution in [3.8, 4) is 0 Å². The van der Waals surface area contributed by atoms with Gasteiger partial charge in [0, 0.05) is 20.1 Å². The molecule has 0 heterocycles. The molecular weight excluding hydrogens is 260 g/mol. The molecule has 0 aliphatic carbocycles. The van der Waals surface area contributed by atoms with Crippen molar-refractivity contribution in [2.45, 2.75) is 96.5 Å². The zero-order chi connectivity index (χ0) is 15.6. The van der Waals surface area contributed by atoms with Crippen LogP contribution in [-0.4, -0.2) is 24.9 Å². The maximum atomic E-state index is 8.86. The van der Waals surface area contributed by atoms with E-state index in [1.54, 1.807) is 7.11 Å². The second-order valence-corrected chi connectivity index (χ2v) is 6.04. The van der Waals surface area contributed by atoms with Gasteiger partial charge in [0.1, 0.15) is 0 Å². The van der Waals surface area contributed by atoms with Crippen LogP contribution in [0, 0.1) is 0 Å². The lowest BCUT2D eigenvalue weighted by Crippen LogP contribution is -2.08. The predicted molar refractivity (Wildman–Crippen MR) is 92.7 cm³/mol. The SMILES string of the molecule is CCCCCCCCCCCCCC=CC(CCO)OC. The number of aliphatic hydroxyl groups is 1. The Balaban J connectivity index is 3.20. The summed E-state index contributed by atoms with van der Waals surface area (Å²) < 4.78 is 5.25. The van der Waals surface area contributed by atoms with E-state index in [-0.39, 0.29) is 12.7 Å². The van der Waals surface area contributed by atoms with Gasteiger partial charge in [-0.15, -0.1) is 0 Å². The molecule has 0 fully saturated rings. The number of aliphatic hydroxyl groups excluding tert-OH is 1. The Morgan fingerprint density at radius 2 is 1.38 bits per heavy atom. The first-order valence-electron chi connectivity index (χ1n) is 9.15. The van der Waals surface area contributed by atoms with Gasteiger partial charge >= 0.3 is 0 Å². The fourth-order valence-electron chi connectivity index (χ4n) is 2.59. The molecule has 0 spiro atoms. The van der Waals surface area contributed by atoms with E-state index in [1.807, 2.05) is 0 Å². The minimum Gasteiger partial charge on any atom is -0.396 e. The van der Waals surface area contributed by atoms with Crippen LogP contribution >= 0.6 is 0 Å². The van der Waals surface area contributed by atoms with Crippen molar-refractivity contribution in [1.29, 1.82) is 0 Å². The smallest absolute Gasteiger partial charge is 0.0773 e. The lowest BCUT2D eigenvalue weighted by atomic mass is 10.1. The van der Waals surface area contributed by atoms with E-state index in [0.717, 1.165) is 6.42 Å². The Labute approximate surface area is 133 Å². The third-order valence-electron chi connectivity index (χ3n) is 4.04. The van der Waals surface area contributed by atoms with Gasteiger partial charge in [-0.2, -0.15) is 0 Å². The number of hydrogen-bond acceptors (Lipinski definition) is 2. The van der Waals surface area contributed by atoms with Crippen LogP contribution in [0.25, 0.3) is 0 Å². The monoisotopic (exact) mass is 298 g/mol. The Hall–Kier alpha value is -0.340. The molecule has 0 saturated heterocycles. The average Bonchev–Trinajstić information content (AvgIpc) is 2.50. The van der Waals surface area contributed by atoms with Gasteiger partial charge in [0.15, 0.2) is 0 Å². The minimum absolute atomic E-state index is 0.0858. The molecule has 0 aliphatic heterocycles. The summed E-state index contributed by atoms with van der Waals surface area (Å²) >= 11 is 0. The highest BCUT2D eigenvalue weighted by molar-refractivity contribution is 4.89. The Morgan fingerprint density at radius 3 is 1.86 bits per heavy atom. The maximum absolute atomic E-state index is 8.86. The molecule has 0 aromatic carbocycles. The minimum atomic E-state index is 0.0858. The highest BCUT2D eigenvalue weighted by Gasteiger charge is 1.99. The second-order valence-electron chi connectivity index (χ2n) is 6.04. The standard InChI is InChI=1S/C19H38O2/c1-3-4-5-6-7-8-9-10-11-12-13-14-15-16-19(21-2)17-18-20/h15-16,19-20H,3-14,17-18H2,1-2H3. The third kappa shape index (κ3) is 15.9. The number of ether oxygens (including phenoxy) is 1. The fourth-order valence-corrected chi connectivity index (χ4v) is 2.59. The number of allylic oxidation sites excluding steroid dienone is 1. The first-order chi connectivity index (χ1) is 10.3. The fraction of sp³-hybridized carbons (Fsp3) is 0.895. The van der Waals surface area contributed by atoms with Crippen LogP contribution < -0.4 is 0 Å². The highest BCUT2D eigenvalue weighted by atomic mass is 16.5. The van der Waals surface area contributed by atoms with E-state index in [1.165, 1.54) is 70.6 Å². The molecule has 0 amide bonds. The van der Waals surface area contributed by atoms with Crippen LogP contribution in [0.2, 0.25) is 0 Å². The van der Waals surface area contributed by atoms with Crippen molar-refractivity contribution >= 4 is 0 Å². The van der Waals surface area contributed by atoms with Gasteiger partial charge in [0.2, 0.25) is 0 Å². The van der Waals surface area contributed by atoms with Crippen molar-refractivity contribution in [3.05, 3.63) is 12.2 Å². The predicted octanol–water partition coefficient (Wildman–Crippen LogP) is 5.64. The molecule has 1 atom stereocenters. The van der Waals surface area contributed by atoms with Gasteiger partial charge < -0.3 is 9.84 Å². The molecule has 21 heavy (non-hydrogen) atoms. The molecule has 0 aromatic rings. The highest BCUT2D eigenvalue weighted by Crippen LogP contribution is 2.12. The quantitative estimate of drug-likeness (QED) is 0.295. The Kier molecular flexibility index (Phi) is 17.4. The van der Waals surface area contributed by atoms with E-state index in [2.05, 4.69) is 19.1 Å².